The van der Waals surface area contributed by atoms with Crippen molar-refractivity contribution < 1.29 is 14.3 Å². The molecule has 0 unspecified atom stereocenters. The number of nitrogens with zero attached hydrogens (tertiary/aromatic N) is 2. The van der Waals surface area contributed by atoms with Crippen LogP contribution in [0.25, 0.3) is 11.0 Å². The van der Waals surface area contributed by atoms with Gasteiger partial charge >= 0.3 is 0 Å². The Kier molecular flexibility index (Phi) is 8.21. The van der Waals surface area contributed by atoms with Gasteiger partial charge in [0.1, 0.15) is 6.61 Å². The van der Waals surface area contributed by atoms with Gasteiger partial charge in [0.15, 0.2) is 16.7 Å². The third-order valence-electron chi connectivity index (χ3n) is 4.69. The van der Waals surface area contributed by atoms with Gasteiger partial charge in [-0.05, 0) is 60.5 Å². The summed E-state index contributed by atoms with van der Waals surface area (Å²) in [5.74, 6) is 1.24. The average Bonchev–Trinajstić information content (AvgIpc) is 3.27. The number of halogens is 1. The zero-order valence-electron chi connectivity index (χ0n) is 18.5. The summed E-state index contributed by atoms with van der Waals surface area (Å²) in [7, 11) is 0. The second kappa shape index (κ2) is 11.7. The predicted molar refractivity (Wildman–Crippen MR) is 139 cm³/mol. The molecule has 4 rings (SSSR count). The lowest BCUT2D eigenvalue weighted by molar-refractivity contribution is -0.118. The van der Waals surface area contributed by atoms with Crippen molar-refractivity contribution >= 4 is 50.8 Å². The Bertz CT molecular complexity index is 1260. The predicted octanol–water partition coefficient (Wildman–Crippen LogP) is 5.55. The van der Waals surface area contributed by atoms with Crippen LogP contribution in [-0.4, -0.2) is 34.4 Å². The van der Waals surface area contributed by atoms with E-state index in [1.54, 1.807) is 6.21 Å². The van der Waals surface area contributed by atoms with Gasteiger partial charge in [0.25, 0.3) is 5.91 Å². The summed E-state index contributed by atoms with van der Waals surface area (Å²) in [5, 5.41) is 4.75. The smallest absolute Gasteiger partial charge is 0.250 e. The van der Waals surface area contributed by atoms with E-state index in [1.807, 2.05) is 73.7 Å². The third-order valence-corrected chi connectivity index (χ3v) is 6.09. The molecule has 9 heteroatoms. The highest BCUT2D eigenvalue weighted by atomic mass is 79.9. The molecule has 2 N–H and O–H groups in total. The lowest BCUT2D eigenvalue weighted by Gasteiger charge is -2.12. The molecule has 3 aromatic carbocycles. The van der Waals surface area contributed by atoms with E-state index in [4.69, 9.17) is 9.47 Å². The van der Waals surface area contributed by atoms with Gasteiger partial charge in [-0.3, -0.25) is 4.79 Å². The van der Waals surface area contributed by atoms with E-state index < -0.39 is 0 Å². The Labute approximate surface area is 210 Å². The Hall–Kier alpha value is -3.30. The first-order valence-corrected chi connectivity index (χ1v) is 12.4. The zero-order valence-corrected chi connectivity index (χ0v) is 20.9. The number of amides is 1. The van der Waals surface area contributed by atoms with Gasteiger partial charge in [0, 0.05) is 4.47 Å². The second-order valence-corrected chi connectivity index (χ2v) is 9.08. The Morgan fingerprint density at radius 1 is 1.12 bits per heavy atom. The monoisotopic (exact) mass is 538 g/mol. The molecule has 0 aliphatic rings. The number of hydrazone groups is 1. The van der Waals surface area contributed by atoms with Crippen molar-refractivity contribution in [3.8, 4) is 11.5 Å². The highest BCUT2D eigenvalue weighted by Crippen LogP contribution is 2.29. The summed E-state index contributed by atoms with van der Waals surface area (Å²) in [6, 6.07) is 21.2. The number of rotatable bonds is 10. The molecule has 1 aromatic heterocycles. The van der Waals surface area contributed by atoms with Gasteiger partial charge in [-0.25, -0.2) is 10.4 Å². The molecule has 34 heavy (non-hydrogen) atoms. The molecule has 0 aliphatic heterocycles. The maximum absolute atomic E-state index is 12.2. The van der Waals surface area contributed by atoms with Crippen molar-refractivity contribution in [3.05, 3.63) is 82.3 Å². The number of carbonyl (C=O) groups excluding carboxylic acids is 1. The van der Waals surface area contributed by atoms with Gasteiger partial charge in [0.05, 0.1) is 29.6 Å². The standard InChI is InChI=1S/C25H23BrN4O3S/c1-2-32-23-13-18(9-12-22(23)33-15-17-7-10-19(26)11-8-17)14-27-30-24(31)16-34-25-28-20-5-3-4-6-21(20)29-25/h3-14H,2,15-16H2,1H3,(H,28,29)(H,30,31)/b27-14+. The molecule has 4 aromatic rings. The molecule has 0 fully saturated rings. The number of carbonyl (C=O) groups is 1. The fraction of sp³-hybridized carbons (Fsp3) is 0.160. The summed E-state index contributed by atoms with van der Waals surface area (Å²) >= 11 is 4.76. The fourth-order valence-electron chi connectivity index (χ4n) is 3.08. The summed E-state index contributed by atoms with van der Waals surface area (Å²) in [4.78, 5) is 19.8. The number of hydrogen-bond acceptors (Lipinski definition) is 6. The first-order chi connectivity index (χ1) is 16.6. The third kappa shape index (κ3) is 6.61. The Morgan fingerprint density at radius 2 is 1.94 bits per heavy atom. The van der Waals surface area contributed by atoms with Crippen molar-refractivity contribution in [2.24, 2.45) is 5.10 Å². The SMILES string of the molecule is CCOc1cc(/C=N/NC(=O)CSc2nc3ccccc3[nH]2)ccc1OCc1ccc(Br)cc1. The molecule has 0 atom stereocenters. The molecule has 1 heterocycles. The number of fused-ring (bicyclic) bond motifs is 1. The number of para-hydroxylation sites is 2. The van der Waals surface area contributed by atoms with Crippen molar-refractivity contribution in [1.82, 2.24) is 15.4 Å². The van der Waals surface area contributed by atoms with Crippen LogP contribution in [-0.2, 0) is 11.4 Å². The van der Waals surface area contributed by atoms with Crippen LogP contribution in [0.4, 0.5) is 0 Å². The number of aromatic amines is 1. The quantitative estimate of drug-likeness (QED) is 0.157. The number of H-pyrrole nitrogens is 1. The van der Waals surface area contributed by atoms with Gasteiger partial charge in [-0.2, -0.15) is 5.10 Å². The van der Waals surface area contributed by atoms with Crippen molar-refractivity contribution in [3.63, 3.8) is 0 Å². The first kappa shape index (κ1) is 23.8. The number of ether oxygens (including phenoxy) is 2. The normalized spacial score (nSPS) is 11.1. The van der Waals surface area contributed by atoms with E-state index in [1.165, 1.54) is 11.8 Å². The number of imidazole rings is 1. The molecule has 0 spiro atoms. The van der Waals surface area contributed by atoms with Crippen LogP contribution in [0.1, 0.15) is 18.1 Å². The average molecular weight is 539 g/mol. The Morgan fingerprint density at radius 3 is 2.74 bits per heavy atom. The minimum absolute atomic E-state index is 0.199. The number of hydrogen-bond donors (Lipinski definition) is 2. The van der Waals surface area contributed by atoms with Crippen LogP contribution >= 0.6 is 27.7 Å². The van der Waals surface area contributed by atoms with Crippen molar-refractivity contribution in [2.75, 3.05) is 12.4 Å². The lowest BCUT2D eigenvalue weighted by Crippen LogP contribution is -2.19. The van der Waals surface area contributed by atoms with Crippen LogP contribution in [0.15, 0.2) is 81.5 Å². The van der Waals surface area contributed by atoms with Crippen LogP contribution in [0.3, 0.4) is 0 Å². The minimum atomic E-state index is -0.221. The van der Waals surface area contributed by atoms with E-state index in [2.05, 4.69) is 36.4 Å². The van der Waals surface area contributed by atoms with E-state index in [-0.39, 0.29) is 11.7 Å². The first-order valence-electron chi connectivity index (χ1n) is 10.6. The molecule has 0 saturated carbocycles. The van der Waals surface area contributed by atoms with Gasteiger partial charge in [0.2, 0.25) is 0 Å². The minimum Gasteiger partial charge on any atom is -0.490 e. The highest BCUT2D eigenvalue weighted by molar-refractivity contribution is 9.10. The molecular formula is C25H23BrN4O3S. The van der Waals surface area contributed by atoms with E-state index in [0.717, 1.165) is 26.6 Å². The van der Waals surface area contributed by atoms with Crippen LogP contribution < -0.4 is 14.9 Å². The summed E-state index contributed by atoms with van der Waals surface area (Å²) in [6.45, 7) is 2.85. The maximum Gasteiger partial charge on any atom is 0.250 e. The number of nitrogens with one attached hydrogen (secondary N) is 2. The zero-order chi connectivity index (χ0) is 23.8. The molecule has 174 valence electrons. The molecule has 0 radical (unpaired) electrons. The summed E-state index contributed by atoms with van der Waals surface area (Å²) in [6.07, 6.45) is 1.57. The van der Waals surface area contributed by atoms with Crippen LogP contribution in [0, 0.1) is 0 Å². The van der Waals surface area contributed by atoms with Gasteiger partial charge in [-0.15, -0.1) is 0 Å². The number of aromatic nitrogens is 2. The topological polar surface area (TPSA) is 88.6 Å². The molecule has 7 nitrogen and oxygen atoms in total. The maximum atomic E-state index is 12.2. The second-order valence-electron chi connectivity index (χ2n) is 7.20. The number of benzene rings is 3. The molecule has 0 aliphatic carbocycles. The van der Waals surface area contributed by atoms with Gasteiger partial charge < -0.3 is 14.5 Å². The van der Waals surface area contributed by atoms with E-state index >= 15 is 0 Å². The van der Waals surface area contributed by atoms with E-state index in [9.17, 15) is 4.79 Å². The lowest BCUT2D eigenvalue weighted by atomic mass is 10.2. The summed E-state index contributed by atoms with van der Waals surface area (Å²) in [5.41, 5.74) is 6.20. The largest absolute Gasteiger partial charge is 0.490 e. The highest BCUT2D eigenvalue weighted by Gasteiger charge is 2.08. The van der Waals surface area contributed by atoms with Crippen LogP contribution in [0.5, 0.6) is 11.5 Å². The van der Waals surface area contributed by atoms with Crippen molar-refractivity contribution in [1.29, 1.82) is 0 Å². The number of thioether (sulfide) groups is 1. The molecule has 0 bridgehead atoms. The fourth-order valence-corrected chi connectivity index (χ4v) is 4.02. The van der Waals surface area contributed by atoms with Crippen LogP contribution in [0.2, 0.25) is 0 Å². The molecule has 0 saturated heterocycles. The summed E-state index contributed by atoms with van der Waals surface area (Å²) < 4.78 is 12.7. The molecular weight excluding hydrogens is 516 g/mol. The van der Waals surface area contributed by atoms with E-state index in [0.29, 0.717) is 29.9 Å². The molecule has 1 amide bonds. The van der Waals surface area contributed by atoms with Gasteiger partial charge in [-0.1, -0.05) is 52.0 Å². The Balaban J connectivity index is 1.31. The van der Waals surface area contributed by atoms with Crippen molar-refractivity contribution in [2.45, 2.75) is 18.7 Å².